The molecule has 1 heterocycles. The van der Waals surface area contributed by atoms with E-state index < -0.39 is 11.2 Å². The molecule has 2 aromatic carbocycles. The third-order valence-electron chi connectivity index (χ3n) is 5.18. The predicted molar refractivity (Wildman–Crippen MR) is 137 cm³/mol. The van der Waals surface area contributed by atoms with Crippen LogP contribution in [0.2, 0.25) is 5.15 Å². The lowest BCUT2D eigenvalue weighted by Crippen LogP contribution is -2.40. The van der Waals surface area contributed by atoms with E-state index >= 15 is 0 Å². The molecule has 1 aromatic heterocycles. The van der Waals surface area contributed by atoms with Gasteiger partial charge in [0.15, 0.2) is 0 Å². The maximum absolute atomic E-state index is 12.6. The van der Waals surface area contributed by atoms with Crippen LogP contribution in [-0.2, 0) is 29.6 Å². The number of aromatic nitrogens is 2. The van der Waals surface area contributed by atoms with Crippen LogP contribution in [0.25, 0.3) is 0 Å². The van der Waals surface area contributed by atoms with Gasteiger partial charge in [-0.25, -0.2) is 4.79 Å². The molecule has 0 bridgehead atoms. The van der Waals surface area contributed by atoms with Gasteiger partial charge in [-0.15, -0.1) is 0 Å². The van der Waals surface area contributed by atoms with Crippen molar-refractivity contribution in [1.82, 2.24) is 9.13 Å². The van der Waals surface area contributed by atoms with Crippen LogP contribution in [0.15, 0.2) is 58.1 Å². The number of halogens is 1. The van der Waals surface area contributed by atoms with E-state index in [9.17, 15) is 19.2 Å². The minimum Gasteiger partial charge on any atom is -0.326 e. The largest absolute Gasteiger partial charge is 0.332 e. The summed E-state index contributed by atoms with van der Waals surface area (Å²) in [4.78, 5) is 48.8. The number of nitrogens with zero attached hydrogens (tertiary/aromatic N) is 2. The Morgan fingerprint density at radius 3 is 2.29 bits per heavy atom. The molecule has 0 atom stereocenters. The van der Waals surface area contributed by atoms with E-state index in [1.54, 1.807) is 24.3 Å². The zero-order valence-corrected chi connectivity index (χ0v) is 20.4. The lowest BCUT2D eigenvalue weighted by Gasteiger charge is -2.13. The number of amides is 2. The van der Waals surface area contributed by atoms with Crippen LogP contribution in [-0.4, -0.2) is 20.9 Å². The molecule has 0 aliphatic heterocycles. The van der Waals surface area contributed by atoms with Crippen molar-refractivity contribution in [3.63, 3.8) is 0 Å². The fourth-order valence-electron chi connectivity index (χ4n) is 3.26. The molecule has 35 heavy (non-hydrogen) atoms. The Morgan fingerprint density at radius 1 is 1.00 bits per heavy atom. The summed E-state index contributed by atoms with van der Waals surface area (Å²) in [5.74, 6) is 5.20. The Labute approximate surface area is 207 Å². The van der Waals surface area contributed by atoms with Crippen LogP contribution in [0.3, 0.4) is 0 Å². The van der Waals surface area contributed by atoms with E-state index in [4.69, 9.17) is 11.6 Å². The van der Waals surface area contributed by atoms with Gasteiger partial charge in [0.05, 0.1) is 6.54 Å². The maximum Gasteiger partial charge on any atom is 0.332 e. The molecule has 9 heteroatoms. The van der Waals surface area contributed by atoms with Crippen molar-refractivity contribution in [2.75, 3.05) is 10.6 Å². The number of hydrogen-bond acceptors (Lipinski definition) is 4. The zero-order valence-electron chi connectivity index (χ0n) is 19.6. The summed E-state index contributed by atoms with van der Waals surface area (Å²) in [7, 11) is 1.31. The van der Waals surface area contributed by atoms with Crippen molar-refractivity contribution in [3.8, 4) is 11.8 Å². The van der Waals surface area contributed by atoms with Crippen LogP contribution >= 0.6 is 11.6 Å². The van der Waals surface area contributed by atoms with Crippen LogP contribution in [0.4, 0.5) is 11.4 Å². The zero-order chi connectivity index (χ0) is 25.5. The second kappa shape index (κ2) is 11.4. The first-order valence-electron chi connectivity index (χ1n) is 10.9. The molecular formula is C26H25ClN4O4. The molecular weight excluding hydrogens is 468 g/mol. The second-order valence-corrected chi connectivity index (χ2v) is 8.35. The van der Waals surface area contributed by atoms with Gasteiger partial charge in [-0.3, -0.25) is 23.5 Å². The average Bonchev–Trinajstić information content (AvgIpc) is 2.83. The third-order valence-corrected chi connectivity index (χ3v) is 5.57. The van der Waals surface area contributed by atoms with Gasteiger partial charge in [-0.1, -0.05) is 53.3 Å². The van der Waals surface area contributed by atoms with E-state index in [1.165, 1.54) is 14.0 Å². The van der Waals surface area contributed by atoms with E-state index in [0.717, 1.165) is 20.3 Å². The van der Waals surface area contributed by atoms with Crippen molar-refractivity contribution in [2.45, 2.75) is 33.2 Å². The lowest BCUT2D eigenvalue weighted by atomic mass is 10.1. The molecule has 0 saturated carbocycles. The van der Waals surface area contributed by atoms with Crippen LogP contribution < -0.4 is 21.9 Å². The fourth-order valence-corrected chi connectivity index (χ4v) is 3.52. The monoisotopic (exact) mass is 492 g/mol. The highest BCUT2D eigenvalue weighted by molar-refractivity contribution is 6.32. The number of aryl methyl sites for hydroxylation is 2. The number of anilines is 2. The van der Waals surface area contributed by atoms with Crippen LogP contribution in [0.1, 0.15) is 30.0 Å². The van der Waals surface area contributed by atoms with Crippen molar-refractivity contribution in [1.29, 1.82) is 0 Å². The van der Waals surface area contributed by atoms with Gasteiger partial charge in [0.25, 0.3) is 5.56 Å². The molecule has 180 valence electrons. The highest BCUT2D eigenvalue weighted by atomic mass is 35.5. The van der Waals surface area contributed by atoms with Gasteiger partial charge in [0.2, 0.25) is 11.8 Å². The summed E-state index contributed by atoms with van der Waals surface area (Å²) in [5.41, 5.74) is 1.93. The smallest absolute Gasteiger partial charge is 0.326 e. The van der Waals surface area contributed by atoms with Gasteiger partial charge < -0.3 is 10.6 Å². The molecule has 0 saturated heterocycles. The molecule has 0 spiro atoms. The quantitative estimate of drug-likeness (QED) is 0.407. The number of benzene rings is 2. The molecule has 3 aromatic rings. The molecule has 0 aliphatic carbocycles. The first-order chi connectivity index (χ1) is 16.7. The minimum absolute atomic E-state index is 0.0918. The topological polar surface area (TPSA) is 102 Å². The van der Waals surface area contributed by atoms with E-state index in [0.29, 0.717) is 17.7 Å². The van der Waals surface area contributed by atoms with Crippen molar-refractivity contribution < 1.29 is 9.59 Å². The summed E-state index contributed by atoms with van der Waals surface area (Å²) in [5, 5.41) is 5.03. The normalized spacial score (nSPS) is 10.3. The van der Waals surface area contributed by atoms with Gasteiger partial charge in [0, 0.05) is 31.6 Å². The Balaban J connectivity index is 1.76. The summed E-state index contributed by atoms with van der Waals surface area (Å²) in [6.45, 7) is 3.31. The number of rotatable bonds is 6. The average molecular weight is 493 g/mol. The summed E-state index contributed by atoms with van der Waals surface area (Å²) >= 11 is 6.35. The summed E-state index contributed by atoms with van der Waals surface area (Å²) < 4.78 is 2.00. The minimum atomic E-state index is -0.693. The van der Waals surface area contributed by atoms with Gasteiger partial charge in [-0.05, 0) is 43.2 Å². The highest BCUT2D eigenvalue weighted by Gasteiger charge is 2.17. The Hall–Kier alpha value is -4.09. The van der Waals surface area contributed by atoms with Crippen molar-refractivity contribution in [3.05, 3.63) is 91.2 Å². The van der Waals surface area contributed by atoms with E-state index in [1.807, 2.05) is 31.2 Å². The molecule has 2 amide bonds. The SMILES string of the molecule is CC(=O)Nc1ccc(C#CCn2c(Cl)c(NC(=O)CCc3ccc(C)cc3)c(=O)n(C)c2=O)cc1. The van der Waals surface area contributed by atoms with Gasteiger partial charge in [-0.2, -0.15) is 0 Å². The van der Waals surface area contributed by atoms with Gasteiger partial charge >= 0.3 is 5.69 Å². The molecule has 0 fully saturated rings. The highest BCUT2D eigenvalue weighted by Crippen LogP contribution is 2.16. The lowest BCUT2D eigenvalue weighted by molar-refractivity contribution is -0.116. The third kappa shape index (κ3) is 6.71. The second-order valence-electron chi connectivity index (χ2n) is 7.99. The first kappa shape index (κ1) is 25.5. The Bertz CT molecular complexity index is 1430. The van der Waals surface area contributed by atoms with Crippen LogP contribution in [0.5, 0.6) is 0 Å². The maximum atomic E-state index is 12.6. The standard InChI is InChI=1S/C26H25ClN4O4/c1-17-6-8-20(9-7-17)12-15-22(33)29-23-24(27)31(26(35)30(3)25(23)34)16-4-5-19-10-13-21(14-11-19)28-18(2)32/h6-11,13-14H,12,15-16H2,1-3H3,(H,28,32)(H,29,33). The first-order valence-corrected chi connectivity index (χ1v) is 11.2. The van der Waals surface area contributed by atoms with E-state index in [2.05, 4.69) is 22.5 Å². The number of carbonyl (C=O) groups is 2. The Morgan fingerprint density at radius 2 is 1.66 bits per heavy atom. The summed E-state index contributed by atoms with van der Waals surface area (Å²) in [6.07, 6.45) is 0.645. The predicted octanol–water partition coefficient (Wildman–Crippen LogP) is 3.09. The van der Waals surface area contributed by atoms with Crippen molar-refractivity contribution in [2.24, 2.45) is 7.05 Å². The molecule has 3 rings (SSSR count). The molecule has 0 aliphatic rings. The number of nitrogens with one attached hydrogen (secondary N) is 2. The molecule has 8 nitrogen and oxygen atoms in total. The fraction of sp³-hybridized carbons (Fsp3) is 0.231. The van der Waals surface area contributed by atoms with E-state index in [-0.39, 0.29) is 35.6 Å². The number of hydrogen-bond donors (Lipinski definition) is 2. The van der Waals surface area contributed by atoms with Gasteiger partial charge in [0.1, 0.15) is 10.8 Å². The number of carbonyl (C=O) groups excluding carboxylic acids is 2. The molecule has 0 unspecified atom stereocenters. The summed E-state index contributed by atoms with van der Waals surface area (Å²) in [6, 6.07) is 14.7. The van der Waals surface area contributed by atoms with Crippen molar-refractivity contribution >= 4 is 34.8 Å². The molecule has 2 N–H and O–H groups in total. The Kier molecular flexibility index (Phi) is 8.29. The van der Waals surface area contributed by atoms with Crippen LogP contribution in [0, 0.1) is 18.8 Å². The molecule has 0 radical (unpaired) electrons.